The molecule has 0 unspecified atom stereocenters. The second kappa shape index (κ2) is 4.52. The average Bonchev–Trinajstić information content (AvgIpc) is 2.64. The molecule has 1 heterocycles. The molecule has 102 valence electrons. The maximum atomic E-state index is 13.5. The number of benzene rings is 2. The van der Waals surface area contributed by atoms with Crippen LogP contribution in [-0.2, 0) is 0 Å². The van der Waals surface area contributed by atoms with E-state index in [1.807, 2.05) is 0 Å². The van der Waals surface area contributed by atoms with E-state index >= 15 is 0 Å². The van der Waals surface area contributed by atoms with Gasteiger partial charge in [0.15, 0.2) is 0 Å². The molecule has 2 N–H and O–H groups in total. The summed E-state index contributed by atoms with van der Waals surface area (Å²) >= 11 is 3.06. The van der Waals surface area contributed by atoms with E-state index in [0.29, 0.717) is 11.0 Å². The highest BCUT2D eigenvalue weighted by atomic mass is 79.9. The van der Waals surface area contributed by atoms with Crippen molar-refractivity contribution in [2.75, 3.05) is 5.73 Å². The van der Waals surface area contributed by atoms with Crippen LogP contribution >= 0.6 is 15.9 Å². The fourth-order valence-corrected chi connectivity index (χ4v) is 2.36. The minimum atomic E-state index is -0.734. The first-order valence-electron chi connectivity index (χ1n) is 5.55. The maximum Gasteiger partial charge on any atom is 0.205 e. The van der Waals surface area contributed by atoms with E-state index in [-0.39, 0.29) is 16.1 Å². The number of fused-ring (bicyclic) bond motifs is 1. The van der Waals surface area contributed by atoms with E-state index in [1.54, 1.807) is 0 Å². The number of imidazole rings is 1. The molecule has 0 aliphatic rings. The number of nitrogens with two attached hydrogens (primary N) is 1. The predicted octanol–water partition coefficient (Wildman–Crippen LogP) is 3.79. The highest BCUT2D eigenvalue weighted by Crippen LogP contribution is 2.28. The Balaban J connectivity index is 2.35. The van der Waals surface area contributed by atoms with Crippen molar-refractivity contribution in [3.8, 4) is 5.69 Å². The standard InChI is InChI=1S/C13H7BrF3N3/c14-9-4-12-11(5-10(9)17)19-13(18)20(12)8-2-6(15)1-7(16)3-8/h1-5H,(H2,18,19). The first-order chi connectivity index (χ1) is 9.45. The van der Waals surface area contributed by atoms with Gasteiger partial charge in [0.1, 0.15) is 17.5 Å². The molecule has 0 atom stereocenters. The second-order valence-corrected chi connectivity index (χ2v) is 5.04. The van der Waals surface area contributed by atoms with Gasteiger partial charge in [0, 0.05) is 12.1 Å². The van der Waals surface area contributed by atoms with Crippen LogP contribution in [0.3, 0.4) is 0 Å². The summed E-state index contributed by atoms with van der Waals surface area (Å²) in [6, 6.07) is 5.66. The van der Waals surface area contributed by atoms with Gasteiger partial charge in [-0.3, -0.25) is 4.57 Å². The molecule has 7 heteroatoms. The van der Waals surface area contributed by atoms with E-state index in [2.05, 4.69) is 20.9 Å². The summed E-state index contributed by atoms with van der Waals surface area (Å²) in [6.45, 7) is 0. The van der Waals surface area contributed by atoms with Gasteiger partial charge in [0.25, 0.3) is 0 Å². The summed E-state index contributed by atoms with van der Waals surface area (Å²) < 4.78 is 41.6. The summed E-state index contributed by atoms with van der Waals surface area (Å²) in [6.07, 6.45) is 0. The van der Waals surface area contributed by atoms with Gasteiger partial charge in [-0.1, -0.05) is 0 Å². The zero-order chi connectivity index (χ0) is 14.4. The Morgan fingerprint density at radius 1 is 1.00 bits per heavy atom. The lowest BCUT2D eigenvalue weighted by Gasteiger charge is -2.07. The van der Waals surface area contributed by atoms with Gasteiger partial charge in [0.2, 0.25) is 5.95 Å². The van der Waals surface area contributed by atoms with Gasteiger partial charge in [-0.25, -0.2) is 18.2 Å². The number of halogens is 4. The predicted molar refractivity (Wildman–Crippen MR) is 73.1 cm³/mol. The van der Waals surface area contributed by atoms with Gasteiger partial charge in [-0.15, -0.1) is 0 Å². The zero-order valence-corrected chi connectivity index (χ0v) is 11.5. The van der Waals surface area contributed by atoms with Crippen LogP contribution in [0.1, 0.15) is 0 Å². The molecular formula is C13H7BrF3N3. The quantitative estimate of drug-likeness (QED) is 0.731. The molecule has 3 rings (SSSR count). The van der Waals surface area contributed by atoms with Crippen LogP contribution in [0.2, 0.25) is 0 Å². The number of nitrogens with zero attached hydrogens (tertiary/aromatic N) is 2. The van der Waals surface area contributed by atoms with Crippen molar-refractivity contribution in [2.45, 2.75) is 0 Å². The van der Waals surface area contributed by atoms with Crippen LogP contribution in [0, 0.1) is 17.5 Å². The third-order valence-corrected chi connectivity index (χ3v) is 3.44. The van der Waals surface area contributed by atoms with Gasteiger partial charge in [-0.05, 0) is 34.1 Å². The van der Waals surface area contributed by atoms with Crippen molar-refractivity contribution in [1.29, 1.82) is 0 Å². The van der Waals surface area contributed by atoms with E-state index in [9.17, 15) is 13.2 Å². The van der Waals surface area contributed by atoms with E-state index in [4.69, 9.17) is 5.73 Å². The second-order valence-electron chi connectivity index (χ2n) is 4.19. The summed E-state index contributed by atoms with van der Waals surface area (Å²) in [5, 5.41) is 0. The highest BCUT2D eigenvalue weighted by molar-refractivity contribution is 9.10. The molecule has 0 fully saturated rings. The number of hydrogen-bond donors (Lipinski definition) is 1. The molecular weight excluding hydrogens is 335 g/mol. The Morgan fingerprint density at radius 3 is 2.30 bits per heavy atom. The fourth-order valence-electron chi connectivity index (χ4n) is 2.03. The van der Waals surface area contributed by atoms with Gasteiger partial charge in [-0.2, -0.15) is 0 Å². The lowest BCUT2D eigenvalue weighted by atomic mass is 10.2. The maximum absolute atomic E-state index is 13.5. The fraction of sp³-hybridized carbons (Fsp3) is 0. The Hall–Kier alpha value is -2.02. The van der Waals surface area contributed by atoms with Crippen molar-refractivity contribution in [3.63, 3.8) is 0 Å². The molecule has 0 aliphatic heterocycles. The van der Waals surface area contributed by atoms with Crippen molar-refractivity contribution < 1.29 is 13.2 Å². The summed E-state index contributed by atoms with van der Waals surface area (Å²) in [4.78, 5) is 3.99. The van der Waals surface area contributed by atoms with Crippen molar-refractivity contribution in [1.82, 2.24) is 9.55 Å². The lowest BCUT2D eigenvalue weighted by molar-refractivity contribution is 0.582. The zero-order valence-electron chi connectivity index (χ0n) is 9.87. The summed E-state index contributed by atoms with van der Waals surface area (Å²) in [5.41, 5.74) is 6.68. The molecule has 0 bridgehead atoms. The Labute approximate surface area is 120 Å². The van der Waals surface area contributed by atoms with Crippen molar-refractivity contribution in [2.24, 2.45) is 0 Å². The Morgan fingerprint density at radius 2 is 1.65 bits per heavy atom. The molecule has 1 aromatic heterocycles. The topological polar surface area (TPSA) is 43.8 Å². The number of nitrogen functional groups attached to an aromatic ring is 1. The molecule has 0 radical (unpaired) electrons. The van der Waals surface area contributed by atoms with Gasteiger partial charge >= 0.3 is 0 Å². The molecule has 0 aliphatic carbocycles. The molecule has 20 heavy (non-hydrogen) atoms. The Kier molecular flexibility index (Phi) is 2.93. The minimum absolute atomic E-state index is 0.0162. The SMILES string of the molecule is Nc1nc2cc(F)c(Br)cc2n1-c1cc(F)cc(F)c1. The molecule has 0 saturated heterocycles. The largest absolute Gasteiger partial charge is 0.369 e. The normalized spacial score (nSPS) is 11.2. The summed E-state index contributed by atoms with van der Waals surface area (Å²) in [7, 11) is 0. The molecule has 0 spiro atoms. The molecule has 2 aromatic carbocycles. The Bertz CT molecular complexity index is 809. The van der Waals surface area contributed by atoms with E-state index in [1.165, 1.54) is 16.7 Å². The van der Waals surface area contributed by atoms with Crippen LogP contribution < -0.4 is 5.73 Å². The number of anilines is 1. The molecule has 0 amide bonds. The highest BCUT2D eigenvalue weighted by Gasteiger charge is 2.14. The lowest BCUT2D eigenvalue weighted by Crippen LogP contribution is -2.01. The number of rotatable bonds is 1. The van der Waals surface area contributed by atoms with Crippen molar-refractivity contribution in [3.05, 3.63) is 52.3 Å². The van der Waals surface area contributed by atoms with Gasteiger partial charge in [0.05, 0.1) is 21.2 Å². The first kappa shape index (κ1) is 13.0. The van der Waals surface area contributed by atoms with Crippen LogP contribution in [0.25, 0.3) is 16.7 Å². The third-order valence-electron chi connectivity index (χ3n) is 2.83. The molecule has 0 saturated carbocycles. The first-order valence-corrected chi connectivity index (χ1v) is 6.34. The van der Waals surface area contributed by atoms with E-state index < -0.39 is 17.5 Å². The minimum Gasteiger partial charge on any atom is -0.369 e. The van der Waals surface area contributed by atoms with Crippen LogP contribution in [0.5, 0.6) is 0 Å². The van der Waals surface area contributed by atoms with Crippen LogP contribution in [0.15, 0.2) is 34.8 Å². The molecule has 3 nitrogen and oxygen atoms in total. The summed E-state index contributed by atoms with van der Waals surface area (Å²) in [5.74, 6) is -1.94. The van der Waals surface area contributed by atoms with Crippen LogP contribution in [-0.4, -0.2) is 9.55 Å². The molecule has 3 aromatic rings. The van der Waals surface area contributed by atoms with E-state index in [0.717, 1.165) is 18.2 Å². The van der Waals surface area contributed by atoms with Crippen molar-refractivity contribution >= 4 is 32.9 Å². The third kappa shape index (κ3) is 2.03. The van der Waals surface area contributed by atoms with Gasteiger partial charge < -0.3 is 5.73 Å². The average molecular weight is 342 g/mol. The monoisotopic (exact) mass is 341 g/mol. The van der Waals surface area contributed by atoms with Crippen LogP contribution in [0.4, 0.5) is 19.1 Å². The number of hydrogen-bond acceptors (Lipinski definition) is 2. The smallest absolute Gasteiger partial charge is 0.205 e. The number of aromatic nitrogens is 2.